The second-order valence-electron chi connectivity index (χ2n) is 16.3. The third kappa shape index (κ3) is 5.14. The third-order valence-corrected chi connectivity index (χ3v) is 14.1. The van der Waals surface area contributed by atoms with Crippen molar-refractivity contribution in [3.63, 3.8) is 0 Å². The van der Waals surface area contributed by atoms with E-state index >= 15 is 0 Å². The summed E-state index contributed by atoms with van der Waals surface area (Å²) in [5, 5.41) is 2.52. The van der Waals surface area contributed by atoms with Gasteiger partial charge in [0, 0.05) is 36.9 Å². The number of thiophene rings is 1. The van der Waals surface area contributed by atoms with Crippen molar-refractivity contribution in [3.05, 3.63) is 235 Å². The first-order valence-electron chi connectivity index (χ1n) is 21.1. The van der Waals surface area contributed by atoms with E-state index in [2.05, 4.69) is 212 Å². The Morgan fingerprint density at radius 3 is 1.39 bits per heavy atom. The Balaban J connectivity index is 1.04. The average Bonchev–Trinajstić information content (AvgIpc) is 3.84. The van der Waals surface area contributed by atoms with Crippen molar-refractivity contribution in [1.82, 2.24) is 15.0 Å². The molecule has 3 nitrogen and oxygen atoms in total. The highest BCUT2D eigenvalue weighted by molar-refractivity contribution is 7.25. The quantitative estimate of drug-likeness (QED) is 0.178. The Kier molecular flexibility index (Phi) is 7.69. The molecule has 4 heteroatoms. The Bertz CT molecular complexity index is 3540. The van der Waals surface area contributed by atoms with E-state index in [9.17, 15) is 0 Å². The molecule has 11 aromatic rings. The van der Waals surface area contributed by atoms with E-state index in [0.29, 0.717) is 17.5 Å². The number of benzene rings is 9. The minimum absolute atomic E-state index is 0.552. The van der Waals surface area contributed by atoms with Crippen LogP contribution in [-0.4, -0.2) is 15.0 Å². The maximum absolute atomic E-state index is 5.32. The summed E-state index contributed by atoms with van der Waals surface area (Å²) in [5.41, 5.74) is 17.1. The summed E-state index contributed by atoms with van der Waals surface area (Å²) in [5.74, 6) is 1.93. The van der Waals surface area contributed by atoms with E-state index in [1.807, 2.05) is 0 Å². The first kappa shape index (κ1) is 35.0. The van der Waals surface area contributed by atoms with Crippen LogP contribution in [0.1, 0.15) is 22.3 Å². The zero-order valence-corrected chi connectivity index (χ0v) is 34.3. The molecule has 13 rings (SSSR count). The molecule has 0 radical (unpaired) electrons. The molecule has 2 aliphatic rings. The summed E-state index contributed by atoms with van der Waals surface area (Å²) in [6, 6.07) is 77.0. The molecule has 0 bridgehead atoms. The fraction of sp³-hybridized carbons (Fsp3) is 0.0172. The van der Waals surface area contributed by atoms with Gasteiger partial charge in [-0.3, -0.25) is 0 Å². The van der Waals surface area contributed by atoms with Crippen molar-refractivity contribution in [2.24, 2.45) is 0 Å². The van der Waals surface area contributed by atoms with E-state index in [0.717, 1.165) is 27.8 Å². The SMILES string of the molecule is c1ccc(-c2cccc(-c3nc(-c4ccc5c(c4)-c4ccccc4C54c5ccccc5-c5ccccc5-c5ccccc54)nc(-c4ccc5c(c4)sc4ccccc45)n3)c2)cc1. The van der Waals surface area contributed by atoms with Crippen molar-refractivity contribution in [1.29, 1.82) is 0 Å². The maximum atomic E-state index is 5.32. The van der Waals surface area contributed by atoms with E-state index in [1.165, 1.54) is 75.8 Å². The Labute approximate surface area is 363 Å². The van der Waals surface area contributed by atoms with E-state index < -0.39 is 5.41 Å². The molecule has 9 aromatic carbocycles. The summed E-state index contributed by atoms with van der Waals surface area (Å²) in [7, 11) is 0. The van der Waals surface area contributed by atoms with Gasteiger partial charge in [-0.2, -0.15) is 0 Å². The van der Waals surface area contributed by atoms with Gasteiger partial charge < -0.3 is 0 Å². The van der Waals surface area contributed by atoms with Crippen LogP contribution >= 0.6 is 11.3 Å². The van der Waals surface area contributed by atoms with Gasteiger partial charge in [0.05, 0.1) is 5.41 Å². The average molecular weight is 806 g/mol. The lowest BCUT2D eigenvalue weighted by Crippen LogP contribution is -2.29. The van der Waals surface area contributed by atoms with Crippen LogP contribution in [-0.2, 0) is 5.41 Å². The molecule has 0 N–H and O–H groups in total. The van der Waals surface area contributed by atoms with Gasteiger partial charge in [0.25, 0.3) is 0 Å². The second-order valence-corrected chi connectivity index (χ2v) is 17.3. The van der Waals surface area contributed by atoms with Crippen molar-refractivity contribution < 1.29 is 0 Å². The molecule has 288 valence electrons. The monoisotopic (exact) mass is 805 g/mol. The lowest BCUT2D eigenvalue weighted by atomic mass is 9.66. The standard InChI is InChI=1S/C58H35N3S/c1-2-15-36(16-3-1)37-17-14-18-38(33-37)55-59-56(61-57(60-55)40-29-31-47-46-24-9-13-28-53(46)62-54(47)35-40)39-30-32-52-48(34-39)45-23-8-12-27-51(45)58(52)49-25-10-6-21-43(49)41-19-4-5-20-42(41)44-22-7-11-26-50(44)58/h1-35H. The van der Waals surface area contributed by atoms with Crippen molar-refractivity contribution >= 4 is 31.5 Å². The molecular weight excluding hydrogens is 771 g/mol. The molecule has 0 saturated carbocycles. The molecule has 2 heterocycles. The van der Waals surface area contributed by atoms with E-state index in [1.54, 1.807) is 11.3 Å². The van der Waals surface area contributed by atoms with Gasteiger partial charge >= 0.3 is 0 Å². The van der Waals surface area contributed by atoms with Crippen LogP contribution < -0.4 is 0 Å². The molecule has 0 amide bonds. The highest BCUT2D eigenvalue weighted by atomic mass is 32.1. The summed E-state index contributed by atoms with van der Waals surface area (Å²) in [6.45, 7) is 0. The normalized spacial score (nSPS) is 13.0. The predicted octanol–water partition coefficient (Wildman–Crippen LogP) is 14.9. The van der Waals surface area contributed by atoms with Crippen LogP contribution in [0.2, 0.25) is 0 Å². The molecule has 0 unspecified atom stereocenters. The molecule has 2 aromatic heterocycles. The number of hydrogen-bond donors (Lipinski definition) is 0. The summed E-state index contributed by atoms with van der Waals surface area (Å²) < 4.78 is 2.48. The van der Waals surface area contributed by atoms with Crippen LogP contribution in [0.5, 0.6) is 0 Å². The molecule has 1 spiro atoms. The first-order valence-corrected chi connectivity index (χ1v) is 21.9. The third-order valence-electron chi connectivity index (χ3n) is 13.0. The van der Waals surface area contributed by atoms with Crippen LogP contribution in [0.3, 0.4) is 0 Å². The minimum atomic E-state index is -0.552. The zero-order chi connectivity index (χ0) is 40.8. The van der Waals surface area contributed by atoms with Crippen LogP contribution in [0, 0.1) is 0 Å². The lowest BCUT2D eigenvalue weighted by molar-refractivity contribution is 0.775. The molecule has 0 saturated heterocycles. The highest BCUT2D eigenvalue weighted by Crippen LogP contribution is 2.61. The van der Waals surface area contributed by atoms with Gasteiger partial charge in [-0.05, 0) is 91.0 Å². The smallest absolute Gasteiger partial charge is 0.164 e. The van der Waals surface area contributed by atoms with Gasteiger partial charge in [-0.25, -0.2) is 15.0 Å². The van der Waals surface area contributed by atoms with Crippen molar-refractivity contribution in [2.75, 3.05) is 0 Å². The summed E-state index contributed by atoms with van der Waals surface area (Å²) in [6.07, 6.45) is 0. The predicted molar refractivity (Wildman–Crippen MR) is 256 cm³/mol. The van der Waals surface area contributed by atoms with E-state index in [4.69, 9.17) is 15.0 Å². The summed E-state index contributed by atoms with van der Waals surface area (Å²) in [4.78, 5) is 15.9. The van der Waals surface area contributed by atoms with Crippen molar-refractivity contribution in [2.45, 2.75) is 5.41 Å². The molecule has 0 fully saturated rings. The van der Waals surface area contributed by atoms with Gasteiger partial charge in [0.15, 0.2) is 17.5 Å². The number of aromatic nitrogens is 3. The van der Waals surface area contributed by atoms with Crippen LogP contribution in [0.15, 0.2) is 212 Å². The highest BCUT2D eigenvalue weighted by Gasteiger charge is 2.49. The largest absolute Gasteiger partial charge is 0.208 e. The Morgan fingerprint density at radius 1 is 0.274 bits per heavy atom. The first-order chi connectivity index (χ1) is 30.7. The maximum Gasteiger partial charge on any atom is 0.164 e. The Hall–Kier alpha value is -7.79. The lowest BCUT2D eigenvalue weighted by Gasteiger charge is -2.35. The molecular formula is C58H35N3S. The zero-order valence-electron chi connectivity index (χ0n) is 33.5. The summed E-state index contributed by atoms with van der Waals surface area (Å²) >= 11 is 1.81. The fourth-order valence-electron chi connectivity index (χ4n) is 10.3. The number of rotatable bonds is 4. The topological polar surface area (TPSA) is 38.7 Å². The number of nitrogens with zero attached hydrogens (tertiary/aromatic N) is 3. The Morgan fingerprint density at radius 2 is 0.726 bits per heavy atom. The molecule has 0 atom stereocenters. The second kappa shape index (κ2) is 13.6. The van der Waals surface area contributed by atoms with Gasteiger partial charge in [0.1, 0.15) is 0 Å². The van der Waals surface area contributed by atoms with Crippen LogP contribution in [0.4, 0.5) is 0 Å². The van der Waals surface area contributed by atoms with Gasteiger partial charge in [0.2, 0.25) is 0 Å². The van der Waals surface area contributed by atoms with Gasteiger partial charge in [-0.1, -0.05) is 188 Å². The van der Waals surface area contributed by atoms with Crippen LogP contribution in [0.25, 0.3) is 98.8 Å². The molecule has 2 aliphatic carbocycles. The number of hydrogen-bond acceptors (Lipinski definition) is 4. The molecule has 62 heavy (non-hydrogen) atoms. The van der Waals surface area contributed by atoms with Gasteiger partial charge in [-0.15, -0.1) is 11.3 Å². The molecule has 0 aliphatic heterocycles. The van der Waals surface area contributed by atoms with Crippen molar-refractivity contribution in [3.8, 4) is 78.7 Å². The minimum Gasteiger partial charge on any atom is -0.208 e. The fourth-order valence-corrected chi connectivity index (χ4v) is 11.4. The van der Waals surface area contributed by atoms with E-state index in [-0.39, 0.29) is 0 Å². The number of fused-ring (bicyclic) bond motifs is 15.